The molecular weight excluding hydrogens is 447 g/mol. The lowest BCUT2D eigenvalue weighted by Gasteiger charge is -2.32. The largest absolute Gasteiger partial charge is 0.490 e. The summed E-state index contributed by atoms with van der Waals surface area (Å²) < 4.78 is 23.1. The van der Waals surface area contributed by atoms with Crippen molar-refractivity contribution in [3.8, 4) is 0 Å². The van der Waals surface area contributed by atoms with E-state index in [1.54, 1.807) is 0 Å². The van der Waals surface area contributed by atoms with Gasteiger partial charge in [-0.2, -0.15) is 0 Å². The van der Waals surface area contributed by atoms with Crippen LogP contribution in [0.3, 0.4) is 0 Å². The molecule has 0 spiro atoms. The monoisotopic (exact) mass is 496 g/mol. The minimum absolute atomic E-state index is 0.376. The Morgan fingerprint density at radius 3 is 1.63 bits per heavy atom. The Morgan fingerprint density at radius 1 is 0.771 bits per heavy atom. The molecule has 1 aliphatic heterocycles. The number of carbonyl (C=O) groups is 2. The molecule has 1 saturated heterocycles. The van der Waals surface area contributed by atoms with Gasteiger partial charge in [0.15, 0.2) is 0 Å². The van der Waals surface area contributed by atoms with Crippen molar-refractivity contribution >= 4 is 19.3 Å². The van der Waals surface area contributed by atoms with E-state index in [9.17, 15) is 9.59 Å². The van der Waals surface area contributed by atoms with Crippen LogP contribution in [0.25, 0.3) is 0 Å². The zero-order chi connectivity index (χ0) is 26.9. The molecule has 0 radical (unpaired) electrons. The number of nitrogens with one attached hydrogen (secondary N) is 2. The summed E-state index contributed by atoms with van der Waals surface area (Å²) in [4.78, 5) is 23.6. The Labute approximate surface area is 213 Å². The first kappa shape index (κ1) is 31.3. The third-order valence-electron chi connectivity index (χ3n) is 5.82. The first-order valence-electron chi connectivity index (χ1n) is 12.9. The molecule has 0 aliphatic carbocycles. The fraction of sp³-hybridized carbons (Fsp3) is 0.846. The van der Waals surface area contributed by atoms with Crippen LogP contribution in [-0.2, 0) is 18.8 Å². The van der Waals surface area contributed by atoms with Crippen molar-refractivity contribution in [3.63, 3.8) is 0 Å². The summed E-state index contributed by atoms with van der Waals surface area (Å²) >= 11 is 0. The van der Waals surface area contributed by atoms with E-state index in [-0.39, 0.29) is 19.3 Å². The van der Waals surface area contributed by atoms with Gasteiger partial charge in [-0.05, 0) is 113 Å². The number of carbonyl (C=O) groups excluding carboxylic acids is 2. The van der Waals surface area contributed by atoms with E-state index >= 15 is 0 Å². The number of alkyl carbamates (subject to hydrolysis) is 2. The molecule has 1 rings (SSSR count). The van der Waals surface area contributed by atoms with Gasteiger partial charge in [-0.3, -0.25) is 0 Å². The van der Waals surface area contributed by atoms with Crippen LogP contribution in [0.1, 0.15) is 108 Å². The maximum atomic E-state index is 11.8. The highest BCUT2D eigenvalue weighted by molar-refractivity contribution is 6.54. The first-order chi connectivity index (χ1) is 15.9. The van der Waals surface area contributed by atoms with Crippen LogP contribution in [0.2, 0.25) is 0 Å². The summed E-state index contributed by atoms with van der Waals surface area (Å²) in [5, 5.41) is 5.61. The molecule has 0 unspecified atom stereocenters. The number of allylic oxidation sites excluding steroid dienone is 2. The molecule has 0 aromatic carbocycles. The Hall–Kier alpha value is -1.74. The Morgan fingerprint density at radius 2 is 1.20 bits per heavy atom. The van der Waals surface area contributed by atoms with Gasteiger partial charge < -0.3 is 29.4 Å². The van der Waals surface area contributed by atoms with Crippen LogP contribution in [0.15, 0.2) is 11.5 Å². The van der Waals surface area contributed by atoms with E-state index in [4.69, 9.17) is 18.8 Å². The average Bonchev–Trinajstić information content (AvgIpc) is 2.86. The van der Waals surface area contributed by atoms with Gasteiger partial charge in [0.2, 0.25) is 0 Å². The summed E-state index contributed by atoms with van der Waals surface area (Å²) in [6, 6.07) is 0. The SMILES string of the molecule is CC(C)(C)OC(=O)NCCCC/C=C(/CCCCNC(=O)OC(C)(C)C)B1OC(C)(C)C(C)(C)O1. The number of hydrogen-bond donors (Lipinski definition) is 2. The molecule has 1 fully saturated rings. The highest BCUT2D eigenvalue weighted by atomic mass is 16.7. The lowest BCUT2D eigenvalue weighted by atomic mass is 9.74. The smallest absolute Gasteiger partial charge is 0.444 e. The van der Waals surface area contributed by atoms with Crippen molar-refractivity contribution in [3.05, 3.63) is 11.5 Å². The highest BCUT2D eigenvalue weighted by Gasteiger charge is 2.52. The quantitative estimate of drug-likeness (QED) is 0.272. The predicted molar refractivity (Wildman–Crippen MR) is 140 cm³/mol. The van der Waals surface area contributed by atoms with Gasteiger partial charge in [-0.1, -0.05) is 6.08 Å². The minimum Gasteiger partial charge on any atom is -0.444 e. The summed E-state index contributed by atoms with van der Waals surface area (Å²) in [6.45, 7) is 20.4. The maximum absolute atomic E-state index is 11.8. The van der Waals surface area contributed by atoms with Crippen LogP contribution in [0.5, 0.6) is 0 Å². The third kappa shape index (κ3) is 12.7. The topological polar surface area (TPSA) is 95.1 Å². The second-order valence-corrected chi connectivity index (χ2v) is 12.2. The molecule has 2 amide bonds. The van der Waals surface area contributed by atoms with Crippen molar-refractivity contribution in [2.24, 2.45) is 0 Å². The summed E-state index contributed by atoms with van der Waals surface area (Å²) in [6.07, 6.45) is 6.63. The standard InChI is InChI=1S/C26H49BN2O6/c1-23(2,3)32-21(30)28-18-14-11-12-16-20(27-34-25(7,8)26(9,10)35-27)17-13-15-19-29-22(31)33-24(4,5)6/h16H,11-15,17-19H2,1-10H3,(H,28,30)(H,29,31)/b20-16-. The van der Waals surface area contributed by atoms with Crippen LogP contribution >= 0.6 is 0 Å². The molecule has 0 aromatic rings. The first-order valence-corrected chi connectivity index (χ1v) is 12.9. The zero-order valence-corrected chi connectivity index (χ0v) is 23.8. The summed E-state index contributed by atoms with van der Waals surface area (Å²) in [7, 11) is -0.376. The molecule has 0 saturated carbocycles. The van der Waals surface area contributed by atoms with E-state index in [0.29, 0.717) is 13.1 Å². The molecule has 202 valence electrons. The second kappa shape index (κ2) is 13.0. The van der Waals surface area contributed by atoms with Crippen LogP contribution in [0.4, 0.5) is 9.59 Å². The molecule has 35 heavy (non-hydrogen) atoms. The molecule has 1 heterocycles. The molecule has 9 heteroatoms. The zero-order valence-electron chi connectivity index (χ0n) is 23.8. The number of hydrogen-bond acceptors (Lipinski definition) is 6. The number of amides is 2. The minimum atomic E-state index is -0.501. The Bertz CT molecular complexity index is 706. The number of unbranched alkanes of at least 4 members (excludes halogenated alkanes) is 3. The van der Waals surface area contributed by atoms with Gasteiger partial charge in [0, 0.05) is 13.1 Å². The average molecular weight is 496 g/mol. The van der Waals surface area contributed by atoms with Gasteiger partial charge in [-0.15, -0.1) is 0 Å². The van der Waals surface area contributed by atoms with Crippen molar-refractivity contribution < 1.29 is 28.4 Å². The normalized spacial score (nSPS) is 17.8. The fourth-order valence-electron chi connectivity index (χ4n) is 3.33. The van der Waals surface area contributed by atoms with E-state index < -0.39 is 22.4 Å². The van der Waals surface area contributed by atoms with Gasteiger partial charge in [0.25, 0.3) is 0 Å². The van der Waals surface area contributed by atoms with Gasteiger partial charge in [0.1, 0.15) is 11.2 Å². The van der Waals surface area contributed by atoms with Crippen LogP contribution in [-0.4, -0.2) is 54.8 Å². The molecule has 1 aliphatic rings. The lowest BCUT2D eigenvalue weighted by Crippen LogP contribution is -2.41. The van der Waals surface area contributed by atoms with Gasteiger partial charge in [-0.25, -0.2) is 9.59 Å². The Kier molecular flexibility index (Phi) is 11.6. The van der Waals surface area contributed by atoms with Gasteiger partial charge >= 0.3 is 19.3 Å². The molecule has 0 bridgehead atoms. The summed E-state index contributed by atoms with van der Waals surface area (Å²) in [5.41, 5.74) is -0.661. The Balaban J connectivity index is 2.54. The maximum Gasteiger partial charge on any atom is 0.490 e. The van der Waals surface area contributed by atoms with Crippen molar-refractivity contribution in [2.45, 2.75) is 130 Å². The second-order valence-electron chi connectivity index (χ2n) is 12.2. The van der Waals surface area contributed by atoms with Gasteiger partial charge in [0.05, 0.1) is 11.2 Å². The number of rotatable bonds is 11. The number of ether oxygens (including phenoxy) is 2. The van der Waals surface area contributed by atoms with E-state index in [2.05, 4.69) is 44.4 Å². The van der Waals surface area contributed by atoms with E-state index in [1.165, 1.54) is 0 Å². The van der Waals surface area contributed by atoms with E-state index in [1.807, 2.05) is 41.5 Å². The van der Waals surface area contributed by atoms with E-state index in [0.717, 1.165) is 44.0 Å². The summed E-state index contributed by atoms with van der Waals surface area (Å²) in [5.74, 6) is 0. The van der Waals surface area contributed by atoms with Crippen LogP contribution < -0.4 is 10.6 Å². The molecule has 0 aromatic heterocycles. The van der Waals surface area contributed by atoms with Crippen LogP contribution in [0, 0.1) is 0 Å². The van der Waals surface area contributed by atoms with Crippen molar-refractivity contribution in [1.29, 1.82) is 0 Å². The molecular formula is C26H49BN2O6. The predicted octanol–water partition coefficient (Wildman–Crippen LogP) is 5.93. The highest BCUT2D eigenvalue weighted by Crippen LogP contribution is 2.39. The molecule has 8 nitrogen and oxygen atoms in total. The van der Waals surface area contributed by atoms with Crippen molar-refractivity contribution in [2.75, 3.05) is 13.1 Å². The molecule has 0 atom stereocenters. The fourth-order valence-corrected chi connectivity index (χ4v) is 3.33. The lowest BCUT2D eigenvalue weighted by molar-refractivity contribution is 0.00578. The van der Waals surface area contributed by atoms with Crippen molar-refractivity contribution in [1.82, 2.24) is 10.6 Å². The molecule has 2 N–H and O–H groups in total. The third-order valence-corrected chi connectivity index (χ3v) is 5.82.